The molecular weight excluding hydrogens is 288 g/mol. The Morgan fingerprint density at radius 2 is 2.30 bits per heavy atom. The van der Waals surface area contributed by atoms with Gasteiger partial charge in [-0.15, -0.1) is 0 Å². The first-order valence-electron chi connectivity index (χ1n) is 8.24. The van der Waals surface area contributed by atoms with E-state index in [1.54, 1.807) is 6.26 Å². The zero-order valence-corrected chi connectivity index (χ0v) is 13.6. The Labute approximate surface area is 137 Å². The van der Waals surface area contributed by atoms with E-state index in [1.165, 1.54) is 12.0 Å². The predicted octanol–water partition coefficient (Wildman–Crippen LogP) is 3.76. The van der Waals surface area contributed by atoms with Gasteiger partial charge in [-0.05, 0) is 50.1 Å². The molecule has 4 nitrogen and oxygen atoms in total. The van der Waals surface area contributed by atoms with E-state index in [0.717, 1.165) is 44.1 Å². The average molecular weight is 312 g/mol. The molecule has 0 saturated carbocycles. The predicted molar refractivity (Wildman–Crippen MR) is 90.8 cm³/mol. The van der Waals surface area contributed by atoms with Crippen LogP contribution in [0.3, 0.4) is 0 Å². The molecule has 0 aliphatic carbocycles. The molecule has 1 atom stereocenters. The van der Waals surface area contributed by atoms with Crippen LogP contribution in [0, 0.1) is 0 Å². The number of rotatable bonds is 7. The standard InChI is InChI=1S/C19H24N2O2/c1-16(12-18-7-4-10-22-18)13-21(15-19-8-5-11-23-19)14-17-6-2-3-9-20-17/h2-4,6-7,9-10,12,19H,5,8,11,13-15H2,1H3/b16-12+/t19-/m1/s1. The molecule has 0 bridgehead atoms. The van der Waals surface area contributed by atoms with Gasteiger partial charge in [-0.25, -0.2) is 0 Å². The van der Waals surface area contributed by atoms with Crippen LogP contribution in [0.15, 0.2) is 52.8 Å². The molecular formula is C19H24N2O2. The zero-order valence-electron chi connectivity index (χ0n) is 13.6. The van der Waals surface area contributed by atoms with Crippen molar-refractivity contribution in [2.75, 3.05) is 19.7 Å². The van der Waals surface area contributed by atoms with Gasteiger partial charge in [0.1, 0.15) is 5.76 Å². The van der Waals surface area contributed by atoms with Crippen LogP contribution < -0.4 is 0 Å². The van der Waals surface area contributed by atoms with E-state index in [4.69, 9.17) is 9.15 Å². The highest BCUT2D eigenvalue weighted by Gasteiger charge is 2.19. The molecule has 0 radical (unpaired) electrons. The Kier molecular flexibility index (Phi) is 5.61. The highest BCUT2D eigenvalue weighted by atomic mass is 16.5. The summed E-state index contributed by atoms with van der Waals surface area (Å²) in [5, 5.41) is 0. The van der Waals surface area contributed by atoms with Crippen LogP contribution >= 0.6 is 0 Å². The lowest BCUT2D eigenvalue weighted by Crippen LogP contribution is -2.33. The minimum Gasteiger partial charge on any atom is -0.465 e. The van der Waals surface area contributed by atoms with Crippen LogP contribution in [0.5, 0.6) is 0 Å². The van der Waals surface area contributed by atoms with Crippen molar-refractivity contribution < 1.29 is 9.15 Å². The summed E-state index contributed by atoms with van der Waals surface area (Å²) in [4.78, 5) is 6.87. The summed E-state index contributed by atoms with van der Waals surface area (Å²) < 4.78 is 11.2. The second kappa shape index (κ2) is 8.09. The van der Waals surface area contributed by atoms with Gasteiger partial charge >= 0.3 is 0 Å². The van der Waals surface area contributed by atoms with Crippen LogP contribution in [0.2, 0.25) is 0 Å². The van der Waals surface area contributed by atoms with Gasteiger partial charge in [-0.3, -0.25) is 9.88 Å². The molecule has 0 spiro atoms. The van der Waals surface area contributed by atoms with Crippen molar-refractivity contribution in [1.82, 2.24) is 9.88 Å². The molecule has 1 aliphatic heterocycles. The normalized spacial score (nSPS) is 18.7. The van der Waals surface area contributed by atoms with Crippen molar-refractivity contribution >= 4 is 6.08 Å². The number of ether oxygens (including phenoxy) is 1. The van der Waals surface area contributed by atoms with Gasteiger partial charge in [0.15, 0.2) is 0 Å². The fraction of sp³-hybridized carbons (Fsp3) is 0.421. The van der Waals surface area contributed by atoms with E-state index in [9.17, 15) is 0 Å². The molecule has 1 aliphatic rings. The second-order valence-electron chi connectivity index (χ2n) is 6.13. The largest absolute Gasteiger partial charge is 0.465 e. The van der Waals surface area contributed by atoms with Gasteiger partial charge in [0.2, 0.25) is 0 Å². The van der Waals surface area contributed by atoms with Gasteiger partial charge in [0.25, 0.3) is 0 Å². The fourth-order valence-electron chi connectivity index (χ4n) is 3.00. The number of hydrogen-bond donors (Lipinski definition) is 0. The molecule has 0 unspecified atom stereocenters. The van der Waals surface area contributed by atoms with Crippen LogP contribution in [0.1, 0.15) is 31.2 Å². The van der Waals surface area contributed by atoms with Gasteiger partial charge in [-0.1, -0.05) is 11.6 Å². The molecule has 1 saturated heterocycles. The first kappa shape index (κ1) is 16.0. The Morgan fingerprint density at radius 3 is 3.00 bits per heavy atom. The molecule has 3 rings (SSSR count). The Morgan fingerprint density at radius 1 is 1.35 bits per heavy atom. The topological polar surface area (TPSA) is 38.5 Å². The lowest BCUT2D eigenvalue weighted by atomic mass is 10.2. The van der Waals surface area contributed by atoms with E-state index in [1.807, 2.05) is 30.5 Å². The number of nitrogens with zero attached hydrogens (tertiary/aromatic N) is 2. The zero-order chi connectivity index (χ0) is 15.9. The number of aromatic nitrogens is 1. The van der Waals surface area contributed by atoms with Crippen molar-refractivity contribution in [1.29, 1.82) is 0 Å². The molecule has 0 amide bonds. The van der Waals surface area contributed by atoms with Gasteiger partial charge in [0.05, 0.1) is 18.1 Å². The Hall–Kier alpha value is -1.91. The lowest BCUT2D eigenvalue weighted by molar-refractivity contribution is 0.0735. The molecule has 3 heterocycles. The summed E-state index contributed by atoms with van der Waals surface area (Å²) in [6.07, 6.45) is 8.32. The monoisotopic (exact) mass is 312 g/mol. The van der Waals surface area contributed by atoms with Crippen molar-refractivity contribution in [2.45, 2.75) is 32.4 Å². The smallest absolute Gasteiger partial charge is 0.126 e. The number of furan rings is 1. The highest BCUT2D eigenvalue weighted by Crippen LogP contribution is 2.16. The van der Waals surface area contributed by atoms with Crippen molar-refractivity contribution in [3.63, 3.8) is 0 Å². The Balaban J connectivity index is 1.66. The first-order chi connectivity index (χ1) is 11.3. The van der Waals surface area contributed by atoms with Crippen LogP contribution in [0.4, 0.5) is 0 Å². The molecule has 1 fully saturated rings. The average Bonchev–Trinajstić information content (AvgIpc) is 3.22. The maximum atomic E-state index is 5.81. The SMILES string of the molecule is C/C(=C\c1ccco1)CN(Cc1ccccn1)C[C@H]1CCCO1. The minimum absolute atomic E-state index is 0.343. The van der Waals surface area contributed by atoms with Crippen molar-refractivity contribution in [3.8, 4) is 0 Å². The molecule has 0 N–H and O–H groups in total. The van der Waals surface area contributed by atoms with Crippen LogP contribution in [-0.4, -0.2) is 35.7 Å². The summed E-state index contributed by atoms with van der Waals surface area (Å²) in [7, 11) is 0. The molecule has 2 aromatic heterocycles. The Bertz CT molecular complexity index is 602. The van der Waals surface area contributed by atoms with E-state index in [2.05, 4.69) is 29.0 Å². The van der Waals surface area contributed by atoms with Gasteiger partial charge in [0, 0.05) is 32.4 Å². The summed E-state index contributed by atoms with van der Waals surface area (Å²) >= 11 is 0. The number of hydrogen-bond acceptors (Lipinski definition) is 4. The van der Waals surface area contributed by atoms with Crippen molar-refractivity contribution in [3.05, 3.63) is 59.8 Å². The molecule has 122 valence electrons. The van der Waals surface area contributed by atoms with E-state index in [-0.39, 0.29) is 0 Å². The maximum Gasteiger partial charge on any atom is 0.126 e. The molecule has 23 heavy (non-hydrogen) atoms. The third kappa shape index (κ3) is 5.05. The summed E-state index contributed by atoms with van der Waals surface area (Å²) in [6.45, 7) is 5.70. The fourth-order valence-corrected chi connectivity index (χ4v) is 3.00. The minimum atomic E-state index is 0.343. The molecule has 2 aromatic rings. The molecule has 0 aromatic carbocycles. The van der Waals surface area contributed by atoms with E-state index >= 15 is 0 Å². The van der Waals surface area contributed by atoms with Gasteiger partial charge in [-0.2, -0.15) is 0 Å². The maximum absolute atomic E-state index is 5.81. The van der Waals surface area contributed by atoms with Crippen molar-refractivity contribution in [2.24, 2.45) is 0 Å². The lowest BCUT2D eigenvalue weighted by Gasteiger charge is -2.25. The second-order valence-corrected chi connectivity index (χ2v) is 6.13. The van der Waals surface area contributed by atoms with Crippen LogP contribution in [0.25, 0.3) is 6.08 Å². The van der Waals surface area contributed by atoms with E-state index < -0.39 is 0 Å². The third-order valence-electron chi connectivity index (χ3n) is 4.00. The van der Waals surface area contributed by atoms with Gasteiger partial charge < -0.3 is 9.15 Å². The summed E-state index contributed by atoms with van der Waals surface area (Å²) in [6, 6.07) is 9.96. The van der Waals surface area contributed by atoms with Crippen LogP contribution in [-0.2, 0) is 11.3 Å². The summed E-state index contributed by atoms with van der Waals surface area (Å²) in [5.74, 6) is 0.900. The third-order valence-corrected chi connectivity index (χ3v) is 4.00. The highest BCUT2D eigenvalue weighted by molar-refractivity contribution is 5.46. The first-order valence-corrected chi connectivity index (χ1v) is 8.24. The quantitative estimate of drug-likeness (QED) is 0.780. The molecule has 4 heteroatoms. The number of pyridine rings is 1. The summed E-state index contributed by atoms with van der Waals surface area (Å²) in [5.41, 5.74) is 2.37. The van der Waals surface area contributed by atoms with E-state index in [0.29, 0.717) is 6.10 Å².